The second-order valence-corrected chi connectivity index (χ2v) is 7.22. The molecule has 0 spiro atoms. The van der Waals surface area contributed by atoms with Crippen LogP contribution in [0, 0.1) is 5.41 Å². The van der Waals surface area contributed by atoms with Gasteiger partial charge in [0.25, 0.3) is 0 Å². The molecule has 1 saturated carbocycles. The molecule has 0 aromatic carbocycles. The van der Waals surface area contributed by atoms with Crippen molar-refractivity contribution in [3.8, 4) is 0 Å². The number of aliphatic imine (C=N–C) groups is 1. The summed E-state index contributed by atoms with van der Waals surface area (Å²) in [6.45, 7) is 7.96. The zero-order valence-corrected chi connectivity index (χ0v) is 18.9. The van der Waals surface area contributed by atoms with E-state index in [1.807, 2.05) is 7.05 Å². The van der Waals surface area contributed by atoms with Gasteiger partial charge in [0.1, 0.15) is 0 Å². The molecule has 7 heteroatoms. The first-order chi connectivity index (χ1) is 12.3. The van der Waals surface area contributed by atoms with Gasteiger partial charge in [0, 0.05) is 46.6 Å². The van der Waals surface area contributed by atoms with Crippen molar-refractivity contribution in [2.75, 3.05) is 53.2 Å². The van der Waals surface area contributed by atoms with Gasteiger partial charge in [0.2, 0.25) is 0 Å². The standard InChI is InChI=1S/C19H37N3O3.HI/c1-3-23-14-10-19(8-4-5-9-19)16-22-18(20-2)21-11-6-12-25-17-7-13-24-15-17;/h17H,3-16H2,1-2H3,(H2,20,21,22);1H. The summed E-state index contributed by atoms with van der Waals surface area (Å²) in [6, 6.07) is 0. The van der Waals surface area contributed by atoms with Crippen LogP contribution in [0.3, 0.4) is 0 Å². The maximum Gasteiger partial charge on any atom is 0.190 e. The molecule has 6 nitrogen and oxygen atoms in total. The van der Waals surface area contributed by atoms with E-state index in [1.165, 1.54) is 25.7 Å². The minimum absolute atomic E-state index is 0. The largest absolute Gasteiger partial charge is 0.382 e. The van der Waals surface area contributed by atoms with Crippen LogP contribution >= 0.6 is 24.0 Å². The van der Waals surface area contributed by atoms with Crippen LogP contribution in [0.1, 0.15) is 51.9 Å². The van der Waals surface area contributed by atoms with Crippen molar-refractivity contribution in [3.63, 3.8) is 0 Å². The summed E-state index contributed by atoms with van der Waals surface area (Å²) < 4.78 is 16.7. The van der Waals surface area contributed by atoms with Gasteiger partial charge in [-0.2, -0.15) is 0 Å². The van der Waals surface area contributed by atoms with Crippen LogP contribution in [-0.2, 0) is 14.2 Å². The van der Waals surface area contributed by atoms with E-state index in [0.29, 0.717) is 11.5 Å². The Hall–Kier alpha value is -0.120. The Labute approximate surface area is 176 Å². The van der Waals surface area contributed by atoms with E-state index in [-0.39, 0.29) is 24.0 Å². The van der Waals surface area contributed by atoms with Crippen LogP contribution < -0.4 is 10.6 Å². The molecular formula is C19H38IN3O3. The molecule has 1 unspecified atom stereocenters. The van der Waals surface area contributed by atoms with Crippen molar-refractivity contribution >= 4 is 29.9 Å². The molecule has 2 N–H and O–H groups in total. The number of hydrogen-bond acceptors (Lipinski definition) is 4. The second kappa shape index (κ2) is 14.0. The summed E-state index contributed by atoms with van der Waals surface area (Å²) in [7, 11) is 1.84. The van der Waals surface area contributed by atoms with Crippen LogP contribution in [-0.4, -0.2) is 65.2 Å². The van der Waals surface area contributed by atoms with E-state index in [0.717, 1.165) is 71.3 Å². The number of hydrogen-bond donors (Lipinski definition) is 2. The van der Waals surface area contributed by atoms with Gasteiger partial charge in [-0.1, -0.05) is 12.8 Å². The van der Waals surface area contributed by atoms with E-state index in [1.54, 1.807) is 0 Å². The summed E-state index contributed by atoms with van der Waals surface area (Å²) in [5.41, 5.74) is 0.373. The third-order valence-electron chi connectivity index (χ3n) is 5.35. The third-order valence-corrected chi connectivity index (χ3v) is 5.35. The average Bonchev–Trinajstić information content (AvgIpc) is 3.30. The Balaban J connectivity index is 0.00000338. The van der Waals surface area contributed by atoms with E-state index in [2.05, 4.69) is 22.5 Å². The Morgan fingerprint density at radius 3 is 2.69 bits per heavy atom. The molecule has 1 atom stereocenters. The molecule has 0 amide bonds. The lowest BCUT2D eigenvalue weighted by Crippen LogP contribution is -2.43. The zero-order valence-electron chi connectivity index (χ0n) is 16.6. The normalized spacial score (nSPS) is 22.2. The van der Waals surface area contributed by atoms with E-state index in [4.69, 9.17) is 14.2 Å². The monoisotopic (exact) mass is 483 g/mol. The van der Waals surface area contributed by atoms with Crippen LogP contribution in [0.2, 0.25) is 0 Å². The van der Waals surface area contributed by atoms with Crippen LogP contribution in [0.4, 0.5) is 0 Å². The van der Waals surface area contributed by atoms with Gasteiger partial charge >= 0.3 is 0 Å². The van der Waals surface area contributed by atoms with Gasteiger partial charge < -0.3 is 24.8 Å². The topological polar surface area (TPSA) is 64.1 Å². The Bertz CT molecular complexity index is 384. The van der Waals surface area contributed by atoms with E-state index < -0.39 is 0 Å². The summed E-state index contributed by atoms with van der Waals surface area (Å²) >= 11 is 0. The highest BCUT2D eigenvalue weighted by atomic mass is 127. The molecule has 154 valence electrons. The fourth-order valence-electron chi connectivity index (χ4n) is 3.74. The fraction of sp³-hybridized carbons (Fsp3) is 0.947. The van der Waals surface area contributed by atoms with Gasteiger partial charge in [-0.05, 0) is 44.4 Å². The Morgan fingerprint density at radius 1 is 1.23 bits per heavy atom. The third kappa shape index (κ3) is 8.71. The van der Waals surface area contributed by atoms with Crippen molar-refractivity contribution in [1.29, 1.82) is 0 Å². The summed E-state index contributed by atoms with van der Waals surface area (Å²) in [5, 5.41) is 6.93. The molecule has 0 aromatic rings. The predicted molar refractivity (Wildman–Crippen MR) is 117 cm³/mol. The quantitative estimate of drug-likeness (QED) is 0.205. The van der Waals surface area contributed by atoms with E-state index in [9.17, 15) is 0 Å². The van der Waals surface area contributed by atoms with Crippen LogP contribution in [0.5, 0.6) is 0 Å². The van der Waals surface area contributed by atoms with Crippen molar-refractivity contribution in [3.05, 3.63) is 0 Å². The van der Waals surface area contributed by atoms with Crippen LogP contribution in [0.15, 0.2) is 4.99 Å². The Kier molecular flexibility index (Phi) is 12.8. The maximum atomic E-state index is 5.79. The highest BCUT2D eigenvalue weighted by molar-refractivity contribution is 14.0. The summed E-state index contributed by atoms with van der Waals surface area (Å²) in [4.78, 5) is 4.35. The second-order valence-electron chi connectivity index (χ2n) is 7.22. The van der Waals surface area contributed by atoms with Gasteiger partial charge in [0.05, 0.1) is 12.7 Å². The minimum atomic E-state index is 0. The highest BCUT2D eigenvalue weighted by Gasteiger charge is 2.33. The lowest BCUT2D eigenvalue weighted by Gasteiger charge is -2.30. The minimum Gasteiger partial charge on any atom is -0.382 e. The Morgan fingerprint density at radius 2 is 2.04 bits per heavy atom. The number of nitrogens with zero attached hydrogens (tertiary/aromatic N) is 1. The first-order valence-corrected chi connectivity index (χ1v) is 9.99. The summed E-state index contributed by atoms with van der Waals surface area (Å²) in [5.74, 6) is 0.895. The van der Waals surface area contributed by atoms with Crippen molar-refractivity contribution in [1.82, 2.24) is 10.6 Å². The van der Waals surface area contributed by atoms with Crippen molar-refractivity contribution in [2.24, 2.45) is 10.4 Å². The molecule has 2 fully saturated rings. The number of ether oxygens (including phenoxy) is 3. The molecule has 2 aliphatic rings. The van der Waals surface area contributed by atoms with Gasteiger partial charge in [-0.15, -0.1) is 24.0 Å². The number of halogens is 1. The van der Waals surface area contributed by atoms with Gasteiger partial charge in [-0.25, -0.2) is 0 Å². The maximum absolute atomic E-state index is 5.79. The molecular weight excluding hydrogens is 445 g/mol. The molecule has 2 rings (SSSR count). The smallest absolute Gasteiger partial charge is 0.190 e. The van der Waals surface area contributed by atoms with Gasteiger partial charge in [-0.3, -0.25) is 4.99 Å². The molecule has 26 heavy (non-hydrogen) atoms. The van der Waals surface area contributed by atoms with Crippen molar-refractivity contribution in [2.45, 2.75) is 58.0 Å². The van der Waals surface area contributed by atoms with Crippen LogP contribution in [0.25, 0.3) is 0 Å². The first-order valence-electron chi connectivity index (χ1n) is 9.99. The molecule has 1 aliphatic heterocycles. The summed E-state index contributed by atoms with van der Waals surface area (Å²) in [6.07, 6.45) is 8.70. The lowest BCUT2D eigenvalue weighted by molar-refractivity contribution is 0.0419. The molecule has 0 bridgehead atoms. The van der Waals surface area contributed by atoms with E-state index >= 15 is 0 Å². The molecule has 0 aromatic heterocycles. The molecule has 1 aliphatic carbocycles. The lowest BCUT2D eigenvalue weighted by atomic mass is 9.83. The number of guanidine groups is 1. The predicted octanol–water partition coefficient (Wildman–Crippen LogP) is 2.95. The SMILES string of the molecule is CCOCCC1(CNC(=NC)NCCCOC2CCOC2)CCCC1.I. The number of rotatable bonds is 11. The zero-order chi connectivity index (χ0) is 17.8. The highest BCUT2D eigenvalue weighted by Crippen LogP contribution is 2.40. The van der Waals surface area contributed by atoms with Crippen molar-refractivity contribution < 1.29 is 14.2 Å². The first kappa shape index (κ1) is 23.9. The number of nitrogens with one attached hydrogen (secondary N) is 2. The molecule has 1 saturated heterocycles. The molecule has 1 heterocycles. The van der Waals surface area contributed by atoms with Gasteiger partial charge in [0.15, 0.2) is 5.96 Å². The average molecular weight is 483 g/mol. The molecule has 0 radical (unpaired) electrons. The fourth-order valence-corrected chi connectivity index (χ4v) is 3.74.